The molecule has 0 atom stereocenters. The molecule has 0 bridgehead atoms. The third-order valence-electron chi connectivity index (χ3n) is 2.22. The molecule has 0 saturated heterocycles. The van der Waals surface area contributed by atoms with Crippen molar-refractivity contribution in [2.24, 2.45) is 0 Å². The molecule has 0 saturated carbocycles. The highest BCUT2D eigenvalue weighted by Crippen LogP contribution is 2.16. The van der Waals surface area contributed by atoms with Crippen LogP contribution in [-0.2, 0) is 14.3 Å². The van der Waals surface area contributed by atoms with E-state index < -0.39 is 11.8 Å². The number of nitrogens with one attached hydrogen (secondary N) is 2. The zero-order valence-corrected chi connectivity index (χ0v) is 11.6. The van der Waals surface area contributed by atoms with E-state index >= 15 is 0 Å². The van der Waals surface area contributed by atoms with Gasteiger partial charge in [0.25, 0.3) is 0 Å². The first-order valence-corrected chi connectivity index (χ1v) is 6.77. The van der Waals surface area contributed by atoms with Crippen molar-refractivity contribution in [2.45, 2.75) is 26.7 Å². The fourth-order valence-electron chi connectivity index (χ4n) is 1.26. The first-order valence-electron chi connectivity index (χ1n) is 5.89. The predicted molar refractivity (Wildman–Crippen MR) is 72.0 cm³/mol. The van der Waals surface area contributed by atoms with Gasteiger partial charge in [-0.2, -0.15) is 0 Å². The van der Waals surface area contributed by atoms with Crippen LogP contribution in [0.3, 0.4) is 0 Å². The molecule has 0 unspecified atom stereocenters. The van der Waals surface area contributed by atoms with Gasteiger partial charge in [-0.05, 0) is 25.3 Å². The van der Waals surface area contributed by atoms with Crippen LogP contribution in [0.4, 0.5) is 4.79 Å². The third kappa shape index (κ3) is 5.17. The number of cyclic esters (lactones) is 1. The molecule has 0 fully saturated rings. The molecule has 19 heavy (non-hydrogen) atoms. The summed E-state index contributed by atoms with van der Waals surface area (Å²) < 4.78 is 7.25. The first-order chi connectivity index (χ1) is 9.04. The van der Waals surface area contributed by atoms with Crippen molar-refractivity contribution in [3.8, 4) is 0 Å². The Morgan fingerprint density at radius 2 is 2.21 bits per heavy atom. The van der Waals surface area contributed by atoms with E-state index in [1.807, 2.05) is 6.92 Å². The molecule has 1 heterocycles. The molecule has 0 spiro atoms. The fourth-order valence-corrected chi connectivity index (χ4v) is 1.82. The second-order valence-electron chi connectivity index (χ2n) is 3.87. The van der Waals surface area contributed by atoms with Gasteiger partial charge >= 0.3 is 12.0 Å². The number of amides is 2. The molecule has 6 nitrogen and oxygen atoms in total. The van der Waals surface area contributed by atoms with Crippen LogP contribution in [-0.4, -0.2) is 24.3 Å². The van der Waals surface area contributed by atoms with E-state index in [0.717, 1.165) is 24.8 Å². The van der Waals surface area contributed by atoms with Crippen LogP contribution in [0.15, 0.2) is 22.8 Å². The van der Waals surface area contributed by atoms with Crippen molar-refractivity contribution in [2.75, 3.05) is 6.54 Å². The molecule has 1 aliphatic rings. The number of unbranched alkanes of at least 4 members (excludes halogenated alkanes) is 1. The van der Waals surface area contributed by atoms with E-state index in [1.165, 1.54) is 18.4 Å². The Balaban J connectivity index is 2.42. The predicted octanol–water partition coefficient (Wildman–Crippen LogP) is 1.65. The van der Waals surface area contributed by atoms with Crippen LogP contribution in [0.25, 0.3) is 0 Å². The monoisotopic (exact) mass is 284 g/mol. The zero-order valence-electron chi connectivity index (χ0n) is 10.8. The van der Waals surface area contributed by atoms with Gasteiger partial charge in [0.1, 0.15) is 11.3 Å². The van der Waals surface area contributed by atoms with Crippen LogP contribution in [0.1, 0.15) is 26.7 Å². The van der Waals surface area contributed by atoms with E-state index in [0.29, 0.717) is 6.54 Å². The lowest BCUT2D eigenvalue weighted by molar-refractivity contribution is -0.137. The number of ketones is 1. The Hall–Kier alpha value is -1.76. The normalized spacial score (nSPS) is 16.9. The van der Waals surface area contributed by atoms with Gasteiger partial charge < -0.3 is 10.1 Å². The molecule has 0 radical (unpaired) electrons. The maximum atomic E-state index is 11.5. The third-order valence-corrected chi connectivity index (χ3v) is 2.87. The van der Waals surface area contributed by atoms with Gasteiger partial charge in [-0.3, -0.25) is 9.52 Å². The van der Waals surface area contributed by atoms with Gasteiger partial charge in [0, 0.05) is 18.0 Å². The quantitative estimate of drug-likeness (QED) is 0.264. The van der Waals surface area contributed by atoms with E-state index in [-0.39, 0.29) is 17.4 Å². The number of allylic oxidation sites excluding steroid dienone is 2. The number of hydrogen-bond donors (Lipinski definition) is 2. The van der Waals surface area contributed by atoms with Gasteiger partial charge in [-0.15, -0.1) is 0 Å². The molecular weight excluding hydrogens is 268 g/mol. The minimum Gasteiger partial charge on any atom is -0.428 e. The highest BCUT2D eigenvalue weighted by atomic mass is 32.2. The lowest BCUT2D eigenvalue weighted by Gasteiger charge is -2.11. The Bertz CT molecular complexity index is 443. The average molecular weight is 284 g/mol. The summed E-state index contributed by atoms with van der Waals surface area (Å²) in [6, 6.07) is -0.362. The maximum Gasteiger partial charge on any atom is 0.347 e. The van der Waals surface area contributed by atoms with Gasteiger partial charge in [0.15, 0.2) is 5.78 Å². The topological polar surface area (TPSA) is 84.5 Å². The van der Waals surface area contributed by atoms with Crippen molar-refractivity contribution in [1.29, 1.82) is 0 Å². The zero-order chi connectivity index (χ0) is 14.3. The number of carbonyl (C=O) groups is 3. The molecular formula is C12H16N2O4S. The highest BCUT2D eigenvalue weighted by Gasteiger charge is 2.23. The number of carbonyl (C=O) groups excluding carboxylic acids is 3. The van der Waals surface area contributed by atoms with Crippen molar-refractivity contribution in [3.05, 3.63) is 22.8 Å². The summed E-state index contributed by atoms with van der Waals surface area (Å²) >= 11 is 0.860. The smallest absolute Gasteiger partial charge is 0.347 e. The molecule has 0 aromatic heterocycles. The summed E-state index contributed by atoms with van der Waals surface area (Å²) in [6.07, 6.45) is 3.12. The minimum absolute atomic E-state index is 0.0931. The molecule has 1 rings (SSSR count). The summed E-state index contributed by atoms with van der Waals surface area (Å²) in [5.74, 6) is -0.859. The standard InChI is InChI=1S/C12H16N2O4S/c1-3-4-5-13-12(17)14-19-7-9-10(15)6-8(2)18-11(9)16/h6-7H,3-5H2,1-2H3,(H2,13,14,17)/b9-7+. The van der Waals surface area contributed by atoms with Gasteiger partial charge in [-0.25, -0.2) is 9.59 Å². The first kappa shape index (κ1) is 15.3. The van der Waals surface area contributed by atoms with Crippen molar-refractivity contribution in [3.63, 3.8) is 0 Å². The second kappa shape index (κ2) is 7.63. The van der Waals surface area contributed by atoms with E-state index in [2.05, 4.69) is 10.0 Å². The number of rotatable bonds is 5. The van der Waals surface area contributed by atoms with E-state index in [4.69, 9.17) is 4.74 Å². The average Bonchev–Trinajstić information content (AvgIpc) is 2.32. The van der Waals surface area contributed by atoms with Crippen LogP contribution >= 0.6 is 11.9 Å². The fraction of sp³-hybridized carbons (Fsp3) is 0.417. The van der Waals surface area contributed by atoms with Crippen LogP contribution in [0, 0.1) is 0 Å². The molecule has 7 heteroatoms. The molecule has 2 N–H and O–H groups in total. The van der Waals surface area contributed by atoms with Crippen LogP contribution in [0.2, 0.25) is 0 Å². The SMILES string of the molecule is CCCCNC(=O)NS/C=C1\C(=O)C=C(C)OC1=O. The van der Waals surface area contributed by atoms with E-state index in [9.17, 15) is 14.4 Å². The Morgan fingerprint density at radius 3 is 2.84 bits per heavy atom. The lowest BCUT2D eigenvalue weighted by atomic mass is 10.1. The van der Waals surface area contributed by atoms with Crippen LogP contribution in [0.5, 0.6) is 0 Å². The summed E-state index contributed by atoms with van der Waals surface area (Å²) in [5.41, 5.74) is -0.0931. The number of ether oxygens (including phenoxy) is 1. The summed E-state index contributed by atoms with van der Waals surface area (Å²) in [7, 11) is 0. The maximum absolute atomic E-state index is 11.5. The van der Waals surface area contributed by atoms with Crippen LogP contribution < -0.4 is 10.0 Å². The molecule has 0 aromatic carbocycles. The molecule has 0 aromatic rings. The van der Waals surface area contributed by atoms with Gasteiger partial charge in [-0.1, -0.05) is 13.3 Å². The molecule has 2 amide bonds. The number of urea groups is 1. The number of esters is 1. The van der Waals surface area contributed by atoms with Crippen molar-refractivity contribution >= 4 is 29.7 Å². The molecule has 104 valence electrons. The Labute approximate surface area is 115 Å². The Morgan fingerprint density at radius 1 is 1.47 bits per heavy atom. The minimum atomic E-state index is -0.703. The molecule has 1 aliphatic heterocycles. The lowest BCUT2D eigenvalue weighted by Crippen LogP contribution is -2.31. The summed E-state index contributed by atoms with van der Waals surface area (Å²) in [4.78, 5) is 34.2. The van der Waals surface area contributed by atoms with Crippen molar-refractivity contribution < 1.29 is 19.1 Å². The molecule has 0 aliphatic carbocycles. The Kier molecular flexibility index (Phi) is 6.14. The van der Waals surface area contributed by atoms with Crippen molar-refractivity contribution in [1.82, 2.24) is 10.0 Å². The summed E-state index contributed by atoms with van der Waals surface area (Å²) in [5, 5.41) is 3.91. The van der Waals surface area contributed by atoms with Gasteiger partial charge in [0.05, 0.1) is 0 Å². The van der Waals surface area contributed by atoms with Gasteiger partial charge in [0.2, 0.25) is 0 Å². The highest BCUT2D eigenvalue weighted by molar-refractivity contribution is 8.00. The second-order valence-corrected chi connectivity index (χ2v) is 4.55. The van der Waals surface area contributed by atoms with E-state index in [1.54, 1.807) is 0 Å². The summed E-state index contributed by atoms with van der Waals surface area (Å²) in [6.45, 7) is 4.13. The largest absolute Gasteiger partial charge is 0.428 e. The number of hydrogen-bond acceptors (Lipinski definition) is 5.